The Labute approximate surface area is 172 Å². The Hall–Kier alpha value is -3.07. The largest absolute Gasteiger partial charge is 0.366 e. The normalized spacial score (nSPS) is 11.4. The Balaban J connectivity index is 1.92. The second kappa shape index (κ2) is 8.12. The average molecular weight is 385 g/mol. The molecule has 148 valence electrons. The van der Waals surface area contributed by atoms with Crippen LogP contribution in [0.25, 0.3) is 21.8 Å². The second-order valence-electron chi connectivity index (χ2n) is 7.78. The summed E-state index contributed by atoms with van der Waals surface area (Å²) in [6, 6.07) is 21.3. The lowest BCUT2D eigenvalue weighted by Crippen LogP contribution is -2.11. The fourth-order valence-electron chi connectivity index (χ4n) is 4.16. The maximum absolute atomic E-state index is 12.1. The summed E-state index contributed by atoms with van der Waals surface area (Å²) in [5.41, 5.74) is 12.5. The van der Waals surface area contributed by atoms with Gasteiger partial charge in [0.2, 0.25) is 5.91 Å². The van der Waals surface area contributed by atoms with E-state index in [1.54, 1.807) is 0 Å². The van der Waals surface area contributed by atoms with Gasteiger partial charge in [0.15, 0.2) is 0 Å². The number of rotatable bonds is 7. The van der Waals surface area contributed by atoms with E-state index >= 15 is 0 Å². The summed E-state index contributed by atoms with van der Waals surface area (Å²) in [7, 11) is 0. The number of benzene rings is 3. The fraction of sp³-hybridized carbons (Fsp3) is 0.269. The highest BCUT2D eigenvalue weighted by Crippen LogP contribution is 2.33. The van der Waals surface area contributed by atoms with Gasteiger partial charge < -0.3 is 10.3 Å². The molecular weight excluding hydrogens is 356 g/mol. The van der Waals surface area contributed by atoms with Crippen LogP contribution in [0.4, 0.5) is 0 Å². The molecule has 0 saturated heterocycles. The van der Waals surface area contributed by atoms with Crippen LogP contribution in [0.5, 0.6) is 0 Å². The minimum atomic E-state index is -0.378. The first kappa shape index (κ1) is 19.3. The summed E-state index contributed by atoms with van der Waals surface area (Å²) in [6.45, 7) is 5.16. The molecule has 1 aromatic heterocycles. The molecule has 3 nitrogen and oxygen atoms in total. The Morgan fingerprint density at radius 2 is 1.62 bits per heavy atom. The van der Waals surface area contributed by atoms with Gasteiger partial charge in [-0.2, -0.15) is 0 Å². The highest BCUT2D eigenvalue weighted by atomic mass is 16.1. The van der Waals surface area contributed by atoms with Gasteiger partial charge in [0.05, 0.1) is 5.52 Å². The highest BCUT2D eigenvalue weighted by molar-refractivity contribution is 6.17. The predicted molar refractivity (Wildman–Crippen MR) is 121 cm³/mol. The quantitative estimate of drug-likeness (QED) is 0.427. The third-order valence-corrected chi connectivity index (χ3v) is 5.81. The van der Waals surface area contributed by atoms with Gasteiger partial charge in [0, 0.05) is 28.4 Å². The molecular formula is C26H28N2O. The topological polar surface area (TPSA) is 48.0 Å². The molecule has 0 aliphatic rings. The van der Waals surface area contributed by atoms with Crippen LogP contribution in [0.2, 0.25) is 0 Å². The van der Waals surface area contributed by atoms with Gasteiger partial charge in [0.25, 0.3) is 0 Å². The van der Waals surface area contributed by atoms with Crippen molar-refractivity contribution in [1.82, 2.24) is 4.57 Å². The number of nitrogens with two attached hydrogens (primary N) is 1. The van der Waals surface area contributed by atoms with E-state index in [9.17, 15) is 4.79 Å². The van der Waals surface area contributed by atoms with Crippen molar-refractivity contribution in [2.24, 2.45) is 5.73 Å². The zero-order chi connectivity index (χ0) is 20.4. The van der Waals surface area contributed by atoms with Gasteiger partial charge in [-0.3, -0.25) is 4.79 Å². The molecule has 2 N–H and O–H groups in total. The molecule has 0 aliphatic carbocycles. The Morgan fingerprint density at radius 3 is 2.31 bits per heavy atom. The van der Waals surface area contributed by atoms with Gasteiger partial charge in [-0.1, -0.05) is 62.7 Å². The molecule has 0 unspecified atom stereocenters. The maximum atomic E-state index is 12.1. The molecule has 0 saturated carbocycles. The minimum Gasteiger partial charge on any atom is -0.366 e. The van der Waals surface area contributed by atoms with Gasteiger partial charge in [-0.15, -0.1) is 0 Å². The first-order valence-electron chi connectivity index (χ1n) is 10.5. The number of carbonyl (C=O) groups excluding carboxylic acids is 1. The molecule has 0 atom stereocenters. The third-order valence-electron chi connectivity index (χ3n) is 5.81. The molecule has 1 heterocycles. The minimum absolute atomic E-state index is 0.378. The molecule has 29 heavy (non-hydrogen) atoms. The first-order valence-corrected chi connectivity index (χ1v) is 10.5. The van der Waals surface area contributed by atoms with Crippen molar-refractivity contribution in [2.75, 3.05) is 0 Å². The average Bonchev–Trinajstić information content (AvgIpc) is 3.05. The summed E-state index contributed by atoms with van der Waals surface area (Å²) in [5, 5.41) is 2.06. The molecule has 0 spiro atoms. The molecule has 0 radical (unpaired) electrons. The summed E-state index contributed by atoms with van der Waals surface area (Å²) in [5.74, 6) is -0.378. The lowest BCUT2D eigenvalue weighted by Gasteiger charge is -2.10. The molecule has 1 amide bonds. The van der Waals surface area contributed by atoms with Gasteiger partial charge in [-0.05, 0) is 54.2 Å². The van der Waals surface area contributed by atoms with Gasteiger partial charge in [0.1, 0.15) is 0 Å². The van der Waals surface area contributed by atoms with Crippen molar-refractivity contribution in [2.45, 2.75) is 46.1 Å². The number of unbranched alkanes of at least 4 members (excludes halogenated alkanes) is 1. The predicted octanol–water partition coefficient (Wildman–Crippen LogP) is 5.85. The van der Waals surface area contributed by atoms with Crippen molar-refractivity contribution < 1.29 is 4.79 Å². The summed E-state index contributed by atoms with van der Waals surface area (Å²) in [6.07, 6.45) is 4.47. The maximum Gasteiger partial charge on any atom is 0.249 e. The molecule has 4 aromatic rings. The lowest BCUT2D eigenvalue weighted by atomic mass is 10.0. The van der Waals surface area contributed by atoms with Crippen LogP contribution < -0.4 is 5.73 Å². The Kier molecular flexibility index (Phi) is 5.39. The number of carbonyl (C=O) groups is 1. The van der Waals surface area contributed by atoms with Crippen LogP contribution in [0.1, 0.15) is 53.7 Å². The monoisotopic (exact) mass is 384 g/mol. The van der Waals surface area contributed by atoms with E-state index < -0.39 is 0 Å². The molecule has 0 aliphatic heterocycles. The van der Waals surface area contributed by atoms with Crippen LogP contribution in [-0.4, -0.2) is 10.5 Å². The van der Waals surface area contributed by atoms with Crippen molar-refractivity contribution in [3.63, 3.8) is 0 Å². The molecule has 3 aromatic carbocycles. The third kappa shape index (κ3) is 3.65. The number of primary amides is 1. The Bertz CT molecular complexity index is 1170. The van der Waals surface area contributed by atoms with E-state index in [2.05, 4.69) is 66.9 Å². The van der Waals surface area contributed by atoms with Crippen LogP contribution in [0.15, 0.2) is 60.7 Å². The zero-order valence-electron chi connectivity index (χ0n) is 17.2. The fourth-order valence-corrected chi connectivity index (χ4v) is 4.16. The number of aromatic nitrogens is 1. The second-order valence-corrected chi connectivity index (χ2v) is 7.78. The van der Waals surface area contributed by atoms with E-state index in [-0.39, 0.29) is 5.91 Å². The van der Waals surface area contributed by atoms with Crippen molar-refractivity contribution >= 4 is 27.7 Å². The van der Waals surface area contributed by atoms with Crippen molar-refractivity contribution in [3.05, 3.63) is 82.9 Å². The zero-order valence-corrected chi connectivity index (χ0v) is 17.2. The van der Waals surface area contributed by atoms with E-state index in [1.165, 1.54) is 35.0 Å². The van der Waals surface area contributed by atoms with Crippen LogP contribution in [0, 0.1) is 0 Å². The van der Waals surface area contributed by atoms with E-state index in [4.69, 9.17) is 5.73 Å². The molecule has 0 bridgehead atoms. The number of aryl methyl sites for hydroxylation is 2. The molecule has 3 heteroatoms. The van der Waals surface area contributed by atoms with E-state index in [0.29, 0.717) is 5.56 Å². The number of hydrogen-bond donors (Lipinski definition) is 1. The molecule has 4 rings (SSSR count). The summed E-state index contributed by atoms with van der Waals surface area (Å²) in [4.78, 5) is 12.1. The van der Waals surface area contributed by atoms with Crippen LogP contribution >= 0.6 is 0 Å². The first-order chi connectivity index (χ1) is 14.1. The van der Waals surface area contributed by atoms with Gasteiger partial charge in [-0.25, -0.2) is 0 Å². The number of nitrogens with zero attached hydrogens (tertiary/aromatic N) is 1. The van der Waals surface area contributed by atoms with E-state index in [1.807, 2.05) is 12.1 Å². The van der Waals surface area contributed by atoms with Crippen molar-refractivity contribution in [1.29, 1.82) is 0 Å². The number of fused-ring (bicyclic) bond motifs is 3. The standard InChI is InChI=1S/C26H28N2O/c1-3-5-7-19-14-15-21-24(16-19)28(17-20-12-10-18(4-2)11-13-20)23-9-6-8-22(25(21)23)26(27)29/h6,8-16H,3-5,7,17H2,1-2H3,(H2,27,29). The SMILES string of the molecule is CCCCc1ccc2c3c(C(N)=O)cccc3n(Cc3ccc(CC)cc3)c2c1. The lowest BCUT2D eigenvalue weighted by molar-refractivity contribution is 0.100. The van der Waals surface area contributed by atoms with Crippen LogP contribution in [-0.2, 0) is 19.4 Å². The van der Waals surface area contributed by atoms with E-state index in [0.717, 1.165) is 35.7 Å². The highest BCUT2D eigenvalue weighted by Gasteiger charge is 2.17. The number of amides is 1. The van der Waals surface area contributed by atoms with Crippen molar-refractivity contribution in [3.8, 4) is 0 Å². The summed E-state index contributed by atoms with van der Waals surface area (Å²) < 4.78 is 2.33. The Morgan fingerprint density at radius 1 is 0.897 bits per heavy atom. The van der Waals surface area contributed by atoms with Crippen LogP contribution in [0.3, 0.4) is 0 Å². The smallest absolute Gasteiger partial charge is 0.249 e. The summed E-state index contributed by atoms with van der Waals surface area (Å²) >= 11 is 0. The molecule has 0 fully saturated rings. The number of hydrogen-bond acceptors (Lipinski definition) is 1. The van der Waals surface area contributed by atoms with Gasteiger partial charge >= 0.3 is 0 Å².